The minimum Gasteiger partial charge on any atom is -0.508 e. The van der Waals surface area contributed by atoms with Gasteiger partial charge in [0.2, 0.25) is 0 Å². The average molecular weight is 322 g/mol. The van der Waals surface area contributed by atoms with Gasteiger partial charge >= 0.3 is 0 Å². The van der Waals surface area contributed by atoms with E-state index in [1.54, 1.807) is 6.07 Å². The van der Waals surface area contributed by atoms with Crippen LogP contribution in [0.4, 0.5) is 3.89 Å². The molecule has 3 aliphatic carbocycles. The number of hydrogen-bond acceptors (Lipinski definition) is 3. The van der Waals surface area contributed by atoms with E-state index in [4.69, 9.17) is 0 Å². The lowest BCUT2D eigenvalue weighted by Gasteiger charge is -2.50. The van der Waals surface area contributed by atoms with Gasteiger partial charge < -0.3 is 10.2 Å². The van der Waals surface area contributed by atoms with Crippen LogP contribution >= 0.6 is 12.1 Å². The van der Waals surface area contributed by atoms with Crippen molar-refractivity contribution >= 4 is 12.1 Å². The van der Waals surface area contributed by atoms with Gasteiger partial charge in [0.05, 0.1) is 23.5 Å². The molecule has 6 atom stereocenters. The quantitative estimate of drug-likeness (QED) is 0.814. The van der Waals surface area contributed by atoms with Crippen molar-refractivity contribution in [1.82, 2.24) is 0 Å². The largest absolute Gasteiger partial charge is 0.508 e. The first-order valence-corrected chi connectivity index (χ1v) is 9.10. The number of phenolic OH excluding ortho intramolecular Hbond substituents is 1. The summed E-state index contributed by atoms with van der Waals surface area (Å²) in [6.07, 6.45) is 4.40. The van der Waals surface area contributed by atoms with Crippen LogP contribution in [0.3, 0.4) is 0 Å². The van der Waals surface area contributed by atoms with Crippen LogP contribution in [0, 0.1) is 17.3 Å². The Morgan fingerprint density at radius 2 is 2.14 bits per heavy atom. The summed E-state index contributed by atoms with van der Waals surface area (Å²) in [5.41, 5.74) is 2.53. The molecule has 4 heteroatoms. The van der Waals surface area contributed by atoms with Gasteiger partial charge in [0.1, 0.15) is 5.75 Å². The summed E-state index contributed by atoms with van der Waals surface area (Å²) in [4.78, 5) is 0. The van der Waals surface area contributed by atoms with Crippen LogP contribution < -0.4 is 0 Å². The van der Waals surface area contributed by atoms with Gasteiger partial charge in [-0.15, -0.1) is 0 Å². The first kappa shape index (κ1) is 14.8. The lowest BCUT2D eigenvalue weighted by Crippen LogP contribution is -2.44. The first-order chi connectivity index (χ1) is 10.5. The number of benzene rings is 1. The molecule has 0 radical (unpaired) electrons. The second-order valence-corrected chi connectivity index (χ2v) is 8.43. The molecule has 1 aromatic rings. The SMILES string of the molecule is C[C@]12CCC3c4ccc(O)cc4CCC3C1C[C@@H](SF)[C@@H]2O. The van der Waals surface area contributed by atoms with Crippen molar-refractivity contribution in [3.63, 3.8) is 0 Å². The van der Waals surface area contributed by atoms with Crippen LogP contribution in [-0.4, -0.2) is 21.6 Å². The molecular formula is C18H23FO2S. The van der Waals surface area contributed by atoms with Gasteiger partial charge in [-0.2, -0.15) is 3.89 Å². The predicted molar refractivity (Wildman–Crippen MR) is 86.6 cm³/mol. The van der Waals surface area contributed by atoms with Gasteiger partial charge in [0.25, 0.3) is 0 Å². The average Bonchev–Trinajstić information content (AvgIpc) is 2.78. The molecule has 2 N–H and O–H groups in total. The van der Waals surface area contributed by atoms with Crippen molar-refractivity contribution < 1.29 is 14.1 Å². The van der Waals surface area contributed by atoms with Gasteiger partial charge in [-0.25, -0.2) is 0 Å². The molecule has 0 saturated heterocycles. The molecule has 120 valence electrons. The summed E-state index contributed by atoms with van der Waals surface area (Å²) in [7, 11) is 0. The second kappa shape index (κ2) is 5.13. The molecule has 0 amide bonds. The third-order valence-corrected chi connectivity index (χ3v) is 7.46. The van der Waals surface area contributed by atoms with E-state index in [2.05, 4.69) is 13.0 Å². The van der Waals surface area contributed by atoms with Crippen LogP contribution in [0.15, 0.2) is 18.2 Å². The molecule has 3 aliphatic rings. The van der Waals surface area contributed by atoms with Crippen molar-refractivity contribution in [2.24, 2.45) is 17.3 Å². The lowest BCUT2D eigenvalue weighted by molar-refractivity contribution is -0.0216. The van der Waals surface area contributed by atoms with Gasteiger partial charge in [0.15, 0.2) is 0 Å². The predicted octanol–water partition coefficient (Wildman–Crippen LogP) is 4.21. The maximum atomic E-state index is 13.2. The number of halogens is 1. The topological polar surface area (TPSA) is 40.5 Å². The molecule has 0 aliphatic heterocycles. The minimum absolute atomic E-state index is 0.126. The Bertz CT molecular complexity index is 592. The zero-order valence-corrected chi connectivity index (χ0v) is 13.7. The minimum atomic E-state index is -0.519. The van der Waals surface area contributed by atoms with E-state index in [-0.39, 0.29) is 10.7 Å². The maximum Gasteiger partial charge on any atom is 0.115 e. The van der Waals surface area contributed by atoms with Crippen LogP contribution in [-0.2, 0) is 6.42 Å². The summed E-state index contributed by atoms with van der Waals surface area (Å²) in [6.45, 7) is 2.17. The van der Waals surface area contributed by atoms with Gasteiger partial charge in [-0.05, 0) is 78.5 Å². The van der Waals surface area contributed by atoms with Crippen molar-refractivity contribution in [1.29, 1.82) is 0 Å². The normalized spacial score (nSPS) is 43.3. The third-order valence-electron chi connectivity index (χ3n) is 6.78. The van der Waals surface area contributed by atoms with Gasteiger partial charge in [-0.1, -0.05) is 13.0 Å². The molecule has 2 saturated carbocycles. The molecule has 2 nitrogen and oxygen atoms in total. The fraction of sp³-hybridized carbons (Fsp3) is 0.667. The highest BCUT2D eigenvalue weighted by Crippen LogP contribution is 2.62. The molecule has 0 heterocycles. The number of fused-ring (bicyclic) bond motifs is 5. The third kappa shape index (κ3) is 1.96. The number of aliphatic hydroxyl groups excluding tert-OH is 1. The monoisotopic (exact) mass is 322 g/mol. The Kier molecular flexibility index (Phi) is 3.46. The zero-order chi connectivity index (χ0) is 15.5. The zero-order valence-electron chi connectivity index (χ0n) is 12.8. The summed E-state index contributed by atoms with van der Waals surface area (Å²) in [5, 5.41) is 20.0. The molecule has 0 aromatic heterocycles. The van der Waals surface area contributed by atoms with Crippen molar-refractivity contribution in [3.05, 3.63) is 29.3 Å². The molecule has 4 rings (SSSR count). The van der Waals surface area contributed by atoms with Gasteiger partial charge in [0, 0.05) is 0 Å². The Morgan fingerprint density at radius 1 is 1.32 bits per heavy atom. The highest BCUT2D eigenvalue weighted by atomic mass is 32.2. The van der Waals surface area contributed by atoms with Gasteiger partial charge in [-0.3, -0.25) is 0 Å². The van der Waals surface area contributed by atoms with Crippen LogP contribution in [0.25, 0.3) is 0 Å². The van der Waals surface area contributed by atoms with Crippen LogP contribution in [0.2, 0.25) is 0 Å². The van der Waals surface area contributed by atoms with Crippen LogP contribution in [0.5, 0.6) is 5.75 Å². The molecule has 0 bridgehead atoms. The Labute approximate surface area is 135 Å². The van der Waals surface area contributed by atoms with E-state index in [0.29, 0.717) is 35.7 Å². The summed E-state index contributed by atoms with van der Waals surface area (Å²) in [5.74, 6) is 1.82. The Balaban J connectivity index is 1.69. The number of aromatic hydroxyl groups is 1. The molecule has 3 unspecified atom stereocenters. The van der Waals surface area contributed by atoms with E-state index in [0.717, 1.165) is 32.1 Å². The highest BCUT2D eigenvalue weighted by molar-refractivity contribution is 7.95. The summed E-state index contributed by atoms with van der Waals surface area (Å²) >= 11 is 0.349. The lowest BCUT2D eigenvalue weighted by atomic mass is 9.55. The van der Waals surface area contributed by atoms with Crippen molar-refractivity contribution in [2.75, 3.05) is 0 Å². The van der Waals surface area contributed by atoms with E-state index in [1.807, 2.05) is 6.07 Å². The fourth-order valence-electron chi connectivity index (χ4n) is 5.62. The van der Waals surface area contributed by atoms with E-state index >= 15 is 0 Å². The van der Waals surface area contributed by atoms with Crippen LogP contribution in [0.1, 0.15) is 49.7 Å². The number of hydrogen-bond donors (Lipinski definition) is 2. The molecule has 2 fully saturated rings. The standard InChI is InChI=1S/C18H23FO2S/c1-18-7-6-13-12-5-3-11(20)8-10(12)2-4-14(13)15(18)9-16(22-19)17(18)21/h3,5,8,13-17,20-21H,2,4,6-7,9H2,1H3/t13?,14?,15?,16-,17+,18+/m1/s1. The molecule has 22 heavy (non-hydrogen) atoms. The Morgan fingerprint density at radius 3 is 2.91 bits per heavy atom. The number of rotatable bonds is 1. The molecule has 0 spiro atoms. The number of aryl methyl sites for hydroxylation is 1. The maximum absolute atomic E-state index is 13.2. The highest BCUT2D eigenvalue weighted by Gasteiger charge is 2.58. The molecule has 1 aromatic carbocycles. The summed E-state index contributed by atoms with van der Waals surface area (Å²) in [6, 6.07) is 5.78. The van der Waals surface area contributed by atoms with E-state index in [1.165, 1.54) is 11.1 Å². The number of phenols is 1. The van der Waals surface area contributed by atoms with Crippen molar-refractivity contribution in [2.45, 2.75) is 56.3 Å². The molecular weight excluding hydrogens is 299 g/mol. The second-order valence-electron chi connectivity index (χ2n) is 7.65. The number of aliphatic hydroxyl groups is 1. The first-order valence-electron chi connectivity index (χ1n) is 8.32. The van der Waals surface area contributed by atoms with E-state index < -0.39 is 6.10 Å². The Hall–Kier alpha value is -0.740. The summed E-state index contributed by atoms with van der Waals surface area (Å²) < 4.78 is 13.2. The smallest absolute Gasteiger partial charge is 0.115 e. The van der Waals surface area contributed by atoms with Crippen molar-refractivity contribution in [3.8, 4) is 5.75 Å². The fourth-order valence-corrected chi connectivity index (χ4v) is 6.31. The van der Waals surface area contributed by atoms with E-state index in [9.17, 15) is 14.1 Å².